The average molecular weight is 396 g/mol. The van der Waals surface area contributed by atoms with Gasteiger partial charge in [0.1, 0.15) is 16.0 Å². The van der Waals surface area contributed by atoms with Crippen LogP contribution < -0.4 is 5.56 Å². The Labute approximate surface area is 145 Å². The number of aryl methyl sites for hydroxylation is 1. The lowest BCUT2D eigenvalue weighted by Gasteiger charge is -2.31. The molecule has 2 rings (SSSR count). The molecule has 0 radical (unpaired) electrons. The van der Waals surface area contributed by atoms with E-state index in [0.29, 0.717) is 18.2 Å². The molecule has 0 bridgehead atoms. The second kappa shape index (κ2) is 6.76. The summed E-state index contributed by atoms with van der Waals surface area (Å²) in [5, 5.41) is 3.53. The highest BCUT2D eigenvalue weighted by Gasteiger charge is 2.47. The first-order valence-corrected chi connectivity index (χ1v) is 8.44. The first-order valence-electron chi connectivity index (χ1n) is 6.92. The zero-order chi connectivity index (χ0) is 19.9. The third-order valence-corrected chi connectivity index (χ3v) is 5.49. The summed E-state index contributed by atoms with van der Waals surface area (Å²) in [5.74, 6) is -2.86. The Morgan fingerprint density at radius 3 is 2.35 bits per heavy atom. The monoisotopic (exact) mass is 396 g/mol. The Morgan fingerprint density at radius 1 is 1.23 bits per heavy atom. The SMILES string of the molecule is CN(C(c1ccc(F)c(F)c1)C(F)(F)F)[S@@](=N)(=O)c1cnn(C)c(=O)c1. The van der Waals surface area contributed by atoms with Gasteiger partial charge in [0.2, 0.25) is 0 Å². The third-order valence-electron chi connectivity index (χ3n) is 3.60. The van der Waals surface area contributed by atoms with Crippen LogP contribution in [0.4, 0.5) is 22.0 Å². The van der Waals surface area contributed by atoms with Crippen LogP contribution in [0.15, 0.2) is 40.2 Å². The van der Waals surface area contributed by atoms with Crippen LogP contribution in [0.1, 0.15) is 11.6 Å². The van der Waals surface area contributed by atoms with Gasteiger partial charge in [-0.25, -0.2) is 26.8 Å². The summed E-state index contributed by atoms with van der Waals surface area (Å²) in [4.78, 5) is 11.0. The summed E-state index contributed by atoms with van der Waals surface area (Å²) in [6.07, 6.45) is -4.22. The van der Waals surface area contributed by atoms with Crippen molar-refractivity contribution in [1.29, 1.82) is 4.78 Å². The van der Waals surface area contributed by atoms with Crippen molar-refractivity contribution in [2.24, 2.45) is 7.05 Å². The van der Waals surface area contributed by atoms with Gasteiger partial charge in [-0.3, -0.25) is 4.79 Å². The van der Waals surface area contributed by atoms with Gasteiger partial charge >= 0.3 is 6.18 Å². The number of hydrogen-bond acceptors (Lipinski definition) is 4. The van der Waals surface area contributed by atoms with Crippen LogP contribution in [0, 0.1) is 16.4 Å². The summed E-state index contributed by atoms with van der Waals surface area (Å²) < 4.78 is 88.6. The Morgan fingerprint density at radius 2 is 1.85 bits per heavy atom. The molecule has 2 aromatic rings. The molecule has 26 heavy (non-hydrogen) atoms. The zero-order valence-corrected chi connectivity index (χ0v) is 14.2. The van der Waals surface area contributed by atoms with Gasteiger partial charge in [0.25, 0.3) is 5.56 Å². The smallest absolute Gasteiger partial charge is 0.268 e. The van der Waals surface area contributed by atoms with Crippen LogP contribution in [-0.2, 0) is 17.0 Å². The largest absolute Gasteiger partial charge is 0.409 e. The average Bonchev–Trinajstić information content (AvgIpc) is 2.52. The molecule has 0 fully saturated rings. The molecule has 2 atom stereocenters. The summed E-state index contributed by atoms with van der Waals surface area (Å²) in [6, 6.07) is -0.431. The molecule has 0 spiro atoms. The lowest BCUT2D eigenvalue weighted by molar-refractivity contribution is -0.170. The highest BCUT2D eigenvalue weighted by molar-refractivity contribution is 7.90. The van der Waals surface area contributed by atoms with Crippen LogP contribution >= 0.6 is 0 Å². The van der Waals surface area contributed by atoms with E-state index in [1.165, 1.54) is 7.05 Å². The fourth-order valence-corrected chi connectivity index (χ4v) is 3.53. The highest BCUT2D eigenvalue weighted by Crippen LogP contribution is 2.39. The van der Waals surface area contributed by atoms with E-state index in [0.717, 1.165) is 24.0 Å². The maximum Gasteiger partial charge on any atom is 0.409 e. The number of halogens is 5. The van der Waals surface area contributed by atoms with E-state index in [2.05, 4.69) is 5.10 Å². The number of rotatable bonds is 4. The number of benzene rings is 1. The molecule has 1 aromatic heterocycles. The van der Waals surface area contributed by atoms with Crippen molar-refractivity contribution in [3.05, 3.63) is 58.0 Å². The van der Waals surface area contributed by atoms with Gasteiger partial charge in [-0.1, -0.05) is 6.07 Å². The topological polar surface area (TPSA) is 79.1 Å². The van der Waals surface area contributed by atoms with Crippen molar-refractivity contribution in [3.63, 3.8) is 0 Å². The molecule has 0 aliphatic heterocycles. The Hall–Kier alpha value is -2.34. The molecule has 0 aliphatic carbocycles. The van der Waals surface area contributed by atoms with Gasteiger partial charge in [0.05, 0.1) is 11.1 Å². The van der Waals surface area contributed by atoms with Crippen LogP contribution in [0.25, 0.3) is 0 Å². The molecule has 1 unspecified atom stereocenters. The molecule has 6 nitrogen and oxygen atoms in total. The number of nitrogens with zero attached hydrogens (tertiary/aromatic N) is 3. The lowest BCUT2D eigenvalue weighted by atomic mass is 10.1. The first kappa shape index (κ1) is 20.0. The molecule has 12 heteroatoms. The van der Waals surface area contributed by atoms with E-state index in [9.17, 15) is 31.0 Å². The van der Waals surface area contributed by atoms with Crippen molar-refractivity contribution in [3.8, 4) is 0 Å². The van der Waals surface area contributed by atoms with Crippen molar-refractivity contribution in [1.82, 2.24) is 14.1 Å². The van der Waals surface area contributed by atoms with Crippen LogP contribution in [0.3, 0.4) is 0 Å². The predicted octanol–water partition coefficient (Wildman–Crippen LogP) is 2.61. The summed E-state index contributed by atoms with van der Waals surface area (Å²) in [6.45, 7) is 0. The Bertz CT molecular complexity index is 988. The quantitative estimate of drug-likeness (QED) is 0.807. The molecular weight excluding hydrogens is 383 g/mol. The van der Waals surface area contributed by atoms with Gasteiger partial charge in [0, 0.05) is 20.2 Å². The minimum atomic E-state index is -5.06. The van der Waals surface area contributed by atoms with Crippen LogP contribution in [0.2, 0.25) is 0 Å². The molecule has 0 saturated carbocycles. The van der Waals surface area contributed by atoms with Crippen LogP contribution in [0.5, 0.6) is 0 Å². The van der Waals surface area contributed by atoms with Gasteiger partial charge in [-0.05, 0) is 17.7 Å². The first-order chi connectivity index (χ1) is 11.9. The third kappa shape index (κ3) is 3.75. The van der Waals surface area contributed by atoms with Gasteiger partial charge in [-0.2, -0.15) is 18.3 Å². The summed E-state index contributed by atoms with van der Waals surface area (Å²) >= 11 is 0. The molecule has 0 amide bonds. The van der Waals surface area contributed by atoms with Gasteiger partial charge in [-0.15, -0.1) is 0 Å². The van der Waals surface area contributed by atoms with E-state index in [1.54, 1.807) is 0 Å². The molecule has 142 valence electrons. The van der Waals surface area contributed by atoms with E-state index in [-0.39, 0.29) is 4.31 Å². The highest BCUT2D eigenvalue weighted by atomic mass is 32.2. The maximum atomic E-state index is 13.5. The van der Waals surface area contributed by atoms with Gasteiger partial charge in [0.15, 0.2) is 11.6 Å². The number of alkyl halides is 3. The Balaban J connectivity index is 2.59. The van der Waals surface area contributed by atoms with Crippen molar-refractivity contribution in [2.45, 2.75) is 17.1 Å². The zero-order valence-electron chi connectivity index (χ0n) is 13.4. The van der Waals surface area contributed by atoms with E-state index >= 15 is 0 Å². The Kier molecular flexibility index (Phi) is 5.19. The van der Waals surface area contributed by atoms with E-state index in [1.807, 2.05) is 0 Å². The normalized spacial score (nSPS) is 15.7. The second-order valence-electron chi connectivity index (χ2n) is 5.34. The van der Waals surface area contributed by atoms with Crippen molar-refractivity contribution in [2.75, 3.05) is 7.05 Å². The molecule has 1 heterocycles. The number of aromatic nitrogens is 2. The number of nitrogens with one attached hydrogen (secondary N) is 1. The second-order valence-corrected chi connectivity index (χ2v) is 7.44. The van der Waals surface area contributed by atoms with Gasteiger partial charge < -0.3 is 0 Å². The minimum absolute atomic E-state index is 0.149. The summed E-state index contributed by atoms with van der Waals surface area (Å²) in [7, 11) is -2.30. The minimum Gasteiger partial charge on any atom is -0.268 e. The van der Waals surface area contributed by atoms with E-state index in [4.69, 9.17) is 4.78 Å². The van der Waals surface area contributed by atoms with Crippen molar-refractivity contribution < 1.29 is 26.2 Å². The fraction of sp³-hybridized carbons (Fsp3) is 0.286. The predicted molar refractivity (Wildman–Crippen MR) is 81.5 cm³/mol. The molecule has 1 aromatic carbocycles. The molecular formula is C14H13F5N4O2S. The van der Waals surface area contributed by atoms with Crippen molar-refractivity contribution >= 4 is 9.92 Å². The lowest BCUT2D eigenvalue weighted by Crippen LogP contribution is -2.39. The standard InChI is InChI=1S/C14H13F5N4O2S/c1-22-12(24)6-9(7-21-22)26(20,25)23(2)13(14(17,18)19)8-3-4-10(15)11(16)5-8/h3-7,13,20H,1-2H3/t13?,26-/m1/s1. The maximum absolute atomic E-state index is 13.5. The molecule has 0 saturated heterocycles. The number of hydrogen-bond donors (Lipinski definition) is 1. The molecule has 0 aliphatic rings. The van der Waals surface area contributed by atoms with Crippen LogP contribution in [-0.4, -0.2) is 31.5 Å². The fourth-order valence-electron chi connectivity index (χ4n) is 2.21. The molecule has 1 N–H and O–H groups in total. The summed E-state index contributed by atoms with van der Waals surface area (Å²) in [5.41, 5.74) is -1.51. The van der Waals surface area contributed by atoms with E-state index < -0.39 is 49.8 Å².